The van der Waals surface area contributed by atoms with Crippen LogP contribution in [0.4, 0.5) is 24.7 Å². The van der Waals surface area contributed by atoms with E-state index in [0.29, 0.717) is 11.3 Å². The van der Waals surface area contributed by atoms with Crippen molar-refractivity contribution in [2.75, 3.05) is 17.2 Å². The lowest BCUT2D eigenvalue weighted by molar-refractivity contribution is -0.137. The summed E-state index contributed by atoms with van der Waals surface area (Å²) in [6, 6.07) is 7.32. The highest BCUT2D eigenvalue weighted by Crippen LogP contribution is 2.33. The van der Waals surface area contributed by atoms with E-state index >= 15 is 0 Å². The number of carbonyl (C=O) groups excluding carboxylic acids is 2. The monoisotopic (exact) mass is 463 g/mol. The summed E-state index contributed by atoms with van der Waals surface area (Å²) in [5.41, 5.74) is 6.21. The number of hydrogen-bond donors (Lipinski definition) is 1. The molecule has 0 bridgehead atoms. The lowest BCUT2D eigenvalue weighted by atomic mass is 10.0. The first-order valence-corrected chi connectivity index (χ1v) is 9.46. The van der Waals surface area contributed by atoms with Crippen molar-refractivity contribution in [3.05, 3.63) is 71.2 Å². The van der Waals surface area contributed by atoms with Gasteiger partial charge in [-0.1, -0.05) is 0 Å². The maximum atomic E-state index is 13.2. The lowest BCUT2D eigenvalue weighted by Crippen LogP contribution is -2.43. The van der Waals surface area contributed by atoms with E-state index in [4.69, 9.17) is 5.73 Å². The second kappa shape index (κ2) is 8.65. The number of nitrogens with zero attached hydrogens (tertiary/aromatic N) is 4. The minimum absolute atomic E-state index is 0. The number of alkyl halides is 3. The van der Waals surface area contributed by atoms with Crippen LogP contribution in [0.25, 0.3) is 0 Å². The average Bonchev–Trinajstić information content (AvgIpc) is 3.15. The summed E-state index contributed by atoms with van der Waals surface area (Å²) >= 11 is 0. The number of halogens is 3. The van der Waals surface area contributed by atoms with Crippen molar-refractivity contribution < 1.29 is 22.8 Å². The molecule has 0 saturated heterocycles. The summed E-state index contributed by atoms with van der Waals surface area (Å²) in [6.07, 6.45) is -1.63. The Balaban J connectivity index is 0.00000289. The second-order valence-electron chi connectivity index (χ2n) is 7.31. The molecule has 1 atom stereocenters. The fourth-order valence-corrected chi connectivity index (χ4v) is 3.62. The van der Waals surface area contributed by atoms with E-state index in [9.17, 15) is 22.8 Å². The Kier molecular flexibility index (Phi) is 6.31. The van der Waals surface area contributed by atoms with Crippen LogP contribution in [-0.4, -0.2) is 33.0 Å². The number of aromatic nitrogens is 3. The topological polar surface area (TPSA) is 94.1 Å². The van der Waals surface area contributed by atoms with E-state index in [2.05, 4.69) is 10.1 Å². The molecule has 0 unspecified atom stereocenters. The third kappa shape index (κ3) is 4.20. The van der Waals surface area contributed by atoms with Crippen LogP contribution in [0.1, 0.15) is 44.9 Å². The first-order chi connectivity index (χ1) is 14.7. The quantitative estimate of drug-likeness (QED) is 0.597. The summed E-state index contributed by atoms with van der Waals surface area (Å²) in [7, 11) is 0. The average molecular weight is 463 g/mol. The minimum Gasteiger partial charge on any atom is -0.383 e. The number of nitrogens with two attached hydrogens (primary N) is 1. The molecule has 1 aliphatic heterocycles. The van der Waals surface area contributed by atoms with Gasteiger partial charge in [0.1, 0.15) is 11.5 Å². The van der Waals surface area contributed by atoms with Gasteiger partial charge in [0.05, 0.1) is 23.4 Å². The molecule has 2 aromatic heterocycles. The van der Waals surface area contributed by atoms with E-state index in [0.717, 1.165) is 12.1 Å². The van der Waals surface area contributed by atoms with Crippen molar-refractivity contribution in [1.82, 2.24) is 14.8 Å². The molecule has 32 heavy (non-hydrogen) atoms. The number of fused-ring (bicyclic) bond motifs is 1. The van der Waals surface area contributed by atoms with Gasteiger partial charge < -0.3 is 10.6 Å². The zero-order valence-electron chi connectivity index (χ0n) is 16.9. The Morgan fingerprint density at radius 3 is 2.53 bits per heavy atom. The number of carbonyl (C=O) groups is 2. The van der Waals surface area contributed by atoms with E-state index in [1.807, 2.05) is 6.92 Å². The van der Waals surface area contributed by atoms with Crippen LogP contribution in [0.15, 0.2) is 48.8 Å². The summed E-state index contributed by atoms with van der Waals surface area (Å²) < 4.78 is 40.1. The number of pyridine rings is 1. The molecule has 0 spiro atoms. The number of Topliss-reactive ketones (excluding diaryl/α,β-unsaturated/α-hetero) is 1. The minimum atomic E-state index is -4.46. The molecule has 2 N–H and O–H groups in total. The Hall–Kier alpha value is -3.34. The predicted octanol–water partition coefficient (Wildman–Crippen LogP) is 3.64. The first-order valence-electron chi connectivity index (χ1n) is 9.46. The third-order valence-electron chi connectivity index (χ3n) is 5.18. The smallest absolute Gasteiger partial charge is 0.383 e. The van der Waals surface area contributed by atoms with Gasteiger partial charge in [-0.2, -0.15) is 31.8 Å². The molecule has 4 rings (SSSR count). The first kappa shape index (κ1) is 23.3. The molecule has 11 heteroatoms. The van der Waals surface area contributed by atoms with Crippen LogP contribution in [-0.2, 0) is 12.6 Å². The van der Waals surface area contributed by atoms with Gasteiger partial charge in [0.2, 0.25) is 0 Å². The van der Waals surface area contributed by atoms with Crippen molar-refractivity contribution in [2.24, 2.45) is 0 Å². The Bertz CT molecular complexity index is 1160. The summed E-state index contributed by atoms with van der Waals surface area (Å²) in [6.45, 7) is 2.08. The highest BCUT2D eigenvalue weighted by atomic mass is 32.1. The Morgan fingerprint density at radius 1 is 1.22 bits per heavy atom. The van der Waals surface area contributed by atoms with E-state index in [-0.39, 0.29) is 55.4 Å². The SMILES string of the molecule is C[C@H]1CN(c2ccc(C(F)(F)F)cc2)C(=O)c2c(CC(=O)c3cccnc3N)cnn21.S. The van der Waals surface area contributed by atoms with Gasteiger partial charge in [-0.3, -0.25) is 14.3 Å². The van der Waals surface area contributed by atoms with Crippen LogP contribution in [0.3, 0.4) is 0 Å². The number of benzene rings is 1. The van der Waals surface area contributed by atoms with Crippen LogP contribution in [0.5, 0.6) is 0 Å². The highest BCUT2D eigenvalue weighted by Gasteiger charge is 2.35. The van der Waals surface area contributed by atoms with Crippen molar-refractivity contribution in [1.29, 1.82) is 0 Å². The van der Waals surface area contributed by atoms with Crippen LogP contribution in [0.2, 0.25) is 0 Å². The van der Waals surface area contributed by atoms with Crippen LogP contribution in [0, 0.1) is 0 Å². The van der Waals surface area contributed by atoms with E-state index in [1.54, 1.807) is 12.1 Å². The summed E-state index contributed by atoms with van der Waals surface area (Å²) in [4.78, 5) is 31.2. The molecule has 3 aromatic rings. The number of anilines is 2. The highest BCUT2D eigenvalue weighted by molar-refractivity contribution is 7.59. The standard InChI is InChI=1S/C21H18F3N5O2.H2S/c1-12-11-28(15-6-4-14(5-7-15)21(22,23)24)20(31)18-13(10-27-29(12)18)9-17(30)16-3-2-8-26-19(16)25;/h2-8,10,12H,9,11H2,1H3,(H2,25,26);1H2/t12-;/m0./s1. The van der Waals surface area contributed by atoms with Crippen LogP contribution < -0.4 is 10.6 Å². The maximum Gasteiger partial charge on any atom is 0.416 e. The molecule has 3 heterocycles. The van der Waals surface area contributed by atoms with Crippen molar-refractivity contribution >= 4 is 36.7 Å². The van der Waals surface area contributed by atoms with Gasteiger partial charge in [0.15, 0.2) is 5.78 Å². The molecule has 1 aromatic carbocycles. The fraction of sp³-hybridized carbons (Fsp3) is 0.238. The molecule has 168 valence electrons. The van der Waals surface area contributed by atoms with Gasteiger partial charge in [0, 0.05) is 30.4 Å². The third-order valence-corrected chi connectivity index (χ3v) is 5.18. The van der Waals surface area contributed by atoms with E-state index in [1.165, 1.54) is 34.1 Å². The molecular weight excluding hydrogens is 443 g/mol. The molecule has 1 amide bonds. The molecule has 0 saturated carbocycles. The predicted molar refractivity (Wildman–Crippen MR) is 117 cm³/mol. The Morgan fingerprint density at radius 2 is 1.91 bits per heavy atom. The number of nitrogen functional groups attached to an aromatic ring is 1. The van der Waals surface area contributed by atoms with Crippen molar-refractivity contribution in [3.63, 3.8) is 0 Å². The normalized spacial score (nSPS) is 15.8. The molecular formula is C21H20F3N5O2S. The molecule has 0 fully saturated rings. The number of ketones is 1. The van der Waals surface area contributed by atoms with Gasteiger partial charge in [-0.15, -0.1) is 0 Å². The van der Waals surface area contributed by atoms with Crippen molar-refractivity contribution in [3.8, 4) is 0 Å². The summed E-state index contributed by atoms with van der Waals surface area (Å²) in [5, 5.41) is 4.25. The zero-order chi connectivity index (χ0) is 22.3. The number of amides is 1. The van der Waals surface area contributed by atoms with Crippen LogP contribution >= 0.6 is 13.5 Å². The molecule has 1 aliphatic rings. The second-order valence-corrected chi connectivity index (χ2v) is 7.31. The largest absolute Gasteiger partial charge is 0.416 e. The van der Waals surface area contributed by atoms with Gasteiger partial charge in [-0.25, -0.2) is 4.98 Å². The van der Waals surface area contributed by atoms with Gasteiger partial charge >= 0.3 is 6.18 Å². The van der Waals surface area contributed by atoms with Gasteiger partial charge in [-0.05, 0) is 43.3 Å². The number of hydrogen-bond acceptors (Lipinski definition) is 5. The van der Waals surface area contributed by atoms with Gasteiger partial charge in [0.25, 0.3) is 5.91 Å². The summed E-state index contributed by atoms with van der Waals surface area (Å²) in [5.74, 6) is -0.648. The maximum absolute atomic E-state index is 13.2. The van der Waals surface area contributed by atoms with Crippen molar-refractivity contribution in [2.45, 2.75) is 25.6 Å². The number of rotatable bonds is 4. The lowest BCUT2D eigenvalue weighted by Gasteiger charge is -2.32. The fourth-order valence-electron chi connectivity index (χ4n) is 3.62. The molecule has 7 nitrogen and oxygen atoms in total. The van der Waals surface area contributed by atoms with E-state index < -0.39 is 17.6 Å². The Labute approximate surface area is 188 Å². The molecule has 0 radical (unpaired) electrons. The molecule has 0 aliphatic carbocycles. The zero-order valence-corrected chi connectivity index (χ0v) is 17.9.